The van der Waals surface area contributed by atoms with Gasteiger partial charge in [-0.3, -0.25) is 0 Å². The van der Waals surface area contributed by atoms with E-state index in [2.05, 4.69) is 0 Å². The molecule has 0 heterocycles. The Labute approximate surface area is 98.6 Å². The Balaban J connectivity index is 2.70. The molecule has 0 aliphatic carbocycles. The number of halogens is 3. The van der Waals surface area contributed by atoms with Crippen molar-refractivity contribution in [2.75, 3.05) is 6.61 Å². The molecule has 0 radical (unpaired) electrons. The molecule has 17 heavy (non-hydrogen) atoms. The van der Waals surface area contributed by atoms with E-state index < -0.39 is 18.6 Å². The lowest BCUT2D eigenvalue weighted by Gasteiger charge is -2.15. The fraction of sp³-hybridized carbons (Fsp3) is 0.500. The predicted molar refractivity (Wildman–Crippen MR) is 59.8 cm³/mol. The van der Waals surface area contributed by atoms with E-state index in [-0.39, 0.29) is 0 Å². The molecule has 0 aromatic heterocycles. The maximum absolute atomic E-state index is 12.2. The van der Waals surface area contributed by atoms with Crippen molar-refractivity contribution in [1.29, 1.82) is 0 Å². The predicted octanol–water partition coefficient (Wildman–Crippen LogP) is 3.43. The van der Waals surface area contributed by atoms with Crippen molar-refractivity contribution in [3.05, 3.63) is 29.8 Å². The number of benzene rings is 1. The molecule has 1 aromatic carbocycles. The monoisotopic (exact) mass is 247 g/mol. The van der Waals surface area contributed by atoms with E-state index in [1.54, 1.807) is 24.3 Å². The summed E-state index contributed by atoms with van der Waals surface area (Å²) in [6, 6.07) is 5.46. The van der Waals surface area contributed by atoms with Crippen molar-refractivity contribution >= 4 is 0 Å². The molecular formula is C12H16F3NO. The summed E-state index contributed by atoms with van der Waals surface area (Å²) in [4.78, 5) is 0. The molecule has 2 N–H and O–H groups in total. The smallest absolute Gasteiger partial charge is 0.390 e. The summed E-state index contributed by atoms with van der Waals surface area (Å²) in [6.45, 7) is 2.50. The van der Waals surface area contributed by atoms with Gasteiger partial charge in [-0.15, -0.1) is 0 Å². The van der Waals surface area contributed by atoms with Crippen LogP contribution in [0.15, 0.2) is 24.3 Å². The van der Waals surface area contributed by atoms with Crippen LogP contribution in [-0.4, -0.2) is 12.8 Å². The van der Waals surface area contributed by atoms with Crippen LogP contribution in [0.2, 0.25) is 0 Å². The molecule has 1 atom stereocenters. The third-order valence-corrected chi connectivity index (χ3v) is 2.21. The molecule has 0 aliphatic rings. The number of rotatable bonds is 5. The molecule has 0 saturated carbocycles. The highest BCUT2D eigenvalue weighted by Crippen LogP contribution is 2.29. The van der Waals surface area contributed by atoms with Crippen molar-refractivity contribution in [2.45, 2.75) is 32.0 Å². The summed E-state index contributed by atoms with van der Waals surface area (Å²) >= 11 is 0. The molecule has 5 heteroatoms. The van der Waals surface area contributed by atoms with Crippen LogP contribution in [0.5, 0.6) is 5.75 Å². The molecule has 0 bridgehead atoms. The molecular weight excluding hydrogens is 231 g/mol. The molecule has 0 spiro atoms. The van der Waals surface area contributed by atoms with Crippen LogP contribution in [0.3, 0.4) is 0 Å². The highest BCUT2D eigenvalue weighted by Gasteiger charge is 2.30. The first kappa shape index (κ1) is 13.8. The summed E-state index contributed by atoms with van der Waals surface area (Å²) in [7, 11) is 0. The van der Waals surface area contributed by atoms with E-state index in [9.17, 15) is 13.2 Å². The zero-order valence-corrected chi connectivity index (χ0v) is 9.63. The van der Waals surface area contributed by atoms with Crippen molar-refractivity contribution in [1.82, 2.24) is 0 Å². The quantitative estimate of drug-likeness (QED) is 0.865. The summed E-state index contributed by atoms with van der Waals surface area (Å²) in [5.41, 5.74) is 5.94. The van der Waals surface area contributed by atoms with Gasteiger partial charge in [-0.2, -0.15) is 13.2 Å². The molecule has 0 saturated heterocycles. The second kappa shape index (κ2) is 5.91. The van der Waals surface area contributed by atoms with Crippen molar-refractivity contribution in [2.24, 2.45) is 5.73 Å². The number of nitrogens with two attached hydrogens (primary N) is 1. The van der Waals surface area contributed by atoms with Gasteiger partial charge in [0.15, 0.2) is 0 Å². The number of ether oxygens (including phenoxy) is 1. The summed E-state index contributed by atoms with van der Waals surface area (Å²) in [5, 5.41) is 0. The maximum Gasteiger partial charge on any atom is 0.390 e. The van der Waals surface area contributed by atoms with Gasteiger partial charge in [0.05, 0.1) is 13.0 Å². The summed E-state index contributed by atoms with van der Waals surface area (Å²) in [5.74, 6) is 0.557. The zero-order chi connectivity index (χ0) is 12.9. The fourth-order valence-corrected chi connectivity index (χ4v) is 1.42. The van der Waals surface area contributed by atoms with Crippen molar-refractivity contribution in [3.8, 4) is 5.75 Å². The Kier molecular flexibility index (Phi) is 4.81. The van der Waals surface area contributed by atoms with Gasteiger partial charge in [0.2, 0.25) is 0 Å². The maximum atomic E-state index is 12.2. The van der Waals surface area contributed by atoms with E-state index >= 15 is 0 Å². The first-order valence-corrected chi connectivity index (χ1v) is 5.47. The van der Waals surface area contributed by atoms with Crippen LogP contribution >= 0.6 is 0 Å². The zero-order valence-electron chi connectivity index (χ0n) is 9.63. The lowest BCUT2D eigenvalue weighted by Crippen LogP contribution is -2.20. The van der Waals surface area contributed by atoms with Gasteiger partial charge in [-0.1, -0.05) is 19.1 Å². The number of hydrogen-bond acceptors (Lipinski definition) is 2. The Bertz CT molecular complexity index is 352. The molecule has 0 amide bonds. The molecule has 2 nitrogen and oxygen atoms in total. The Morgan fingerprint density at radius 2 is 2.06 bits per heavy atom. The number of alkyl halides is 3. The molecule has 0 aliphatic heterocycles. The van der Waals surface area contributed by atoms with Crippen LogP contribution in [0, 0.1) is 0 Å². The van der Waals surface area contributed by atoms with E-state index in [1.807, 2.05) is 6.92 Å². The first-order chi connectivity index (χ1) is 7.92. The average molecular weight is 247 g/mol. The van der Waals surface area contributed by atoms with Crippen LogP contribution in [-0.2, 0) is 0 Å². The largest absolute Gasteiger partial charge is 0.494 e. The van der Waals surface area contributed by atoms with Gasteiger partial charge in [0.25, 0.3) is 0 Å². The Morgan fingerprint density at radius 3 is 2.65 bits per heavy atom. The van der Waals surface area contributed by atoms with E-state index in [0.717, 1.165) is 6.42 Å². The number of hydrogen-bond donors (Lipinski definition) is 1. The van der Waals surface area contributed by atoms with Gasteiger partial charge < -0.3 is 10.5 Å². The molecule has 0 fully saturated rings. The van der Waals surface area contributed by atoms with Gasteiger partial charge in [-0.05, 0) is 24.1 Å². The molecule has 1 aromatic rings. The van der Waals surface area contributed by atoms with Gasteiger partial charge in [-0.25, -0.2) is 0 Å². The second-order valence-electron chi connectivity index (χ2n) is 3.85. The van der Waals surface area contributed by atoms with Crippen LogP contribution in [0.25, 0.3) is 0 Å². The second-order valence-corrected chi connectivity index (χ2v) is 3.85. The summed E-state index contributed by atoms with van der Waals surface area (Å²) in [6.07, 6.45) is -4.43. The SMILES string of the molecule is CCCOc1cccc([C@H](N)CC(F)(F)F)c1. The fourth-order valence-electron chi connectivity index (χ4n) is 1.42. The topological polar surface area (TPSA) is 35.2 Å². The normalized spacial score (nSPS) is 13.5. The van der Waals surface area contributed by atoms with E-state index in [4.69, 9.17) is 10.5 Å². The van der Waals surface area contributed by atoms with Gasteiger partial charge in [0, 0.05) is 6.04 Å². The first-order valence-electron chi connectivity index (χ1n) is 5.47. The lowest BCUT2D eigenvalue weighted by molar-refractivity contribution is -0.138. The van der Waals surface area contributed by atoms with E-state index in [1.165, 1.54) is 0 Å². The van der Waals surface area contributed by atoms with Crippen LogP contribution < -0.4 is 10.5 Å². The third kappa shape index (κ3) is 5.08. The lowest BCUT2D eigenvalue weighted by atomic mass is 10.0. The Hall–Kier alpha value is -1.23. The van der Waals surface area contributed by atoms with Crippen molar-refractivity contribution < 1.29 is 17.9 Å². The standard InChI is InChI=1S/C12H16F3NO/c1-2-6-17-10-5-3-4-9(7-10)11(16)8-12(13,14)15/h3-5,7,11H,2,6,8,16H2,1H3/t11-/m1/s1. The third-order valence-electron chi connectivity index (χ3n) is 2.21. The minimum atomic E-state index is -4.25. The van der Waals surface area contributed by atoms with Crippen LogP contribution in [0.1, 0.15) is 31.4 Å². The van der Waals surface area contributed by atoms with E-state index in [0.29, 0.717) is 17.9 Å². The Morgan fingerprint density at radius 1 is 1.35 bits per heavy atom. The molecule has 96 valence electrons. The molecule has 0 unspecified atom stereocenters. The average Bonchev–Trinajstić information content (AvgIpc) is 2.24. The minimum Gasteiger partial charge on any atom is -0.494 e. The minimum absolute atomic E-state index is 0.441. The highest BCUT2D eigenvalue weighted by atomic mass is 19.4. The molecule has 1 rings (SSSR count). The van der Waals surface area contributed by atoms with Crippen molar-refractivity contribution in [3.63, 3.8) is 0 Å². The van der Waals surface area contributed by atoms with Gasteiger partial charge >= 0.3 is 6.18 Å². The van der Waals surface area contributed by atoms with Crippen LogP contribution in [0.4, 0.5) is 13.2 Å². The van der Waals surface area contributed by atoms with Gasteiger partial charge in [0.1, 0.15) is 5.75 Å². The highest BCUT2D eigenvalue weighted by molar-refractivity contribution is 5.30. The summed E-state index contributed by atoms with van der Waals surface area (Å²) < 4.78 is 41.9.